The third-order valence-electron chi connectivity index (χ3n) is 4.21. The molecule has 5 unspecified atom stereocenters. The first-order valence-electron chi connectivity index (χ1n) is 9.63. The summed E-state index contributed by atoms with van der Waals surface area (Å²) in [5.74, 6) is -2.41. The van der Waals surface area contributed by atoms with Crippen molar-refractivity contribution in [3.05, 3.63) is 35.9 Å². The molecule has 10 heteroatoms. The van der Waals surface area contributed by atoms with Crippen LogP contribution in [0.4, 0.5) is 0 Å². The summed E-state index contributed by atoms with van der Waals surface area (Å²) in [5.41, 5.74) is 1.07. The van der Waals surface area contributed by atoms with Crippen molar-refractivity contribution in [2.75, 3.05) is 6.61 Å². The zero-order chi connectivity index (χ0) is 23.0. The summed E-state index contributed by atoms with van der Waals surface area (Å²) in [5, 5.41) is 0.0232. The van der Waals surface area contributed by atoms with Crippen molar-refractivity contribution in [2.45, 2.75) is 62.4 Å². The van der Waals surface area contributed by atoms with Crippen LogP contribution in [0.15, 0.2) is 30.3 Å². The van der Waals surface area contributed by atoms with Crippen LogP contribution < -0.4 is 0 Å². The Kier molecular flexibility index (Phi) is 9.48. The van der Waals surface area contributed by atoms with E-state index in [1.54, 1.807) is 0 Å². The fourth-order valence-corrected chi connectivity index (χ4v) is 5.53. The van der Waals surface area contributed by atoms with E-state index in [1.807, 2.05) is 30.3 Å². The third-order valence-corrected chi connectivity index (χ3v) is 6.74. The summed E-state index contributed by atoms with van der Waals surface area (Å²) < 4.78 is 27.4. The zero-order valence-electron chi connectivity index (χ0n) is 17.8. The molecular weight excluding hydrogens is 475 g/mol. The van der Waals surface area contributed by atoms with Gasteiger partial charge in [0.25, 0.3) is 0 Å². The quantitative estimate of drug-likeness (QED) is 0.292. The molecule has 1 aliphatic heterocycles. The summed E-state index contributed by atoms with van der Waals surface area (Å²) >= 11 is -0.254. The number of carbonyl (C=O) groups is 4. The molecule has 0 aliphatic carbocycles. The second-order valence-electron chi connectivity index (χ2n) is 6.86. The normalized spacial score (nSPS) is 25.2. The summed E-state index contributed by atoms with van der Waals surface area (Å²) in [6, 6.07) is 9.67. The Balaban J connectivity index is 2.35. The van der Waals surface area contributed by atoms with Crippen molar-refractivity contribution in [2.24, 2.45) is 0 Å². The topological polar surface area (TPSA) is 114 Å². The van der Waals surface area contributed by atoms with E-state index < -0.39 is 53.3 Å². The predicted molar refractivity (Wildman–Crippen MR) is 108 cm³/mol. The molecule has 0 spiro atoms. The van der Waals surface area contributed by atoms with Crippen LogP contribution in [0, 0.1) is 0 Å². The standard InChI is InChI=1S/C21H26O9Se/c1-12(22)26-10-17-18(27-13(2)23)19(28-14(3)24)20(29-15(4)25)21(30-17)31-11-16-8-6-5-7-9-16/h5-9,17-21H,10-11H2,1-4H3. The van der Waals surface area contributed by atoms with E-state index in [1.165, 1.54) is 27.7 Å². The first kappa shape index (κ1) is 24.8. The Bertz CT molecular complexity index is 782. The number of hydrogen-bond acceptors (Lipinski definition) is 9. The van der Waals surface area contributed by atoms with Gasteiger partial charge in [0.05, 0.1) is 0 Å². The third kappa shape index (κ3) is 7.97. The minimum absolute atomic E-state index is 0.213. The van der Waals surface area contributed by atoms with Crippen LogP contribution in [0.2, 0.25) is 0 Å². The number of benzene rings is 1. The molecule has 1 heterocycles. The monoisotopic (exact) mass is 502 g/mol. The van der Waals surface area contributed by atoms with Gasteiger partial charge in [0.1, 0.15) is 0 Å². The number of rotatable bonds is 8. The SMILES string of the molecule is CC(=O)OCC1OC([Se]Cc2ccccc2)C(OC(C)=O)C(OC(C)=O)C1OC(C)=O. The Morgan fingerprint density at radius 3 is 1.90 bits per heavy atom. The molecule has 1 aliphatic rings. The Labute approximate surface area is 186 Å². The van der Waals surface area contributed by atoms with Crippen molar-refractivity contribution >= 4 is 38.8 Å². The average Bonchev–Trinajstić information content (AvgIpc) is 2.68. The van der Waals surface area contributed by atoms with Gasteiger partial charge >= 0.3 is 187 Å². The minimum atomic E-state index is -1.12. The molecule has 0 aromatic heterocycles. The number of ether oxygens (including phenoxy) is 5. The maximum absolute atomic E-state index is 11.8. The Hall–Kier alpha value is -2.42. The molecule has 2 rings (SSSR count). The van der Waals surface area contributed by atoms with E-state index in [0.29, 0.717) is 5.32 Å². The summed E-state index contributed by atoms with van der Waals surface area (Å²) in [4.78, 5) is 46.7. The first-order chi connectivity index (χ1) is 14.7. The molecule has 1 aromatic carbocycles. The Morgan fingerprint density at radius 1 is 0.806 bits per heavy atom. The number of esters is 4. The van der Waals surface area contributed by atoms with Crippen LogP contribution in [0.1, 0.15) is 33.3 Å². The van der Waals surface area contributed by atoms with Crippen molar-refractivity contribution in [1.29, 1.82) is 0 Å². The van der Waals surface area contributed by atoms with Gasteiger partial charge in [-0.2, -0.15) is 0 Å². The fourth-order valence-electron chi connectivity index (χ4n) is 3.08. The van der Waals surface area contributed by atoms with Crippen molar-refractivity contribution in [1.82, 2.24) is 0 Å². The molecular formula is C21H26O9Se. The van der Waals surface area contributed by atoms with Gasteiger partial charge in [-0.25, -0.2) is 0 Å². The molecule has 170 valence electrons. The van der Waals surface area contributed by atoms with Gasteiger partial charge in [-0.05, 0) is 0 Å². The van der Waals surface area contributed by atoms with E-state index in [4.69, 9.17) is 23.7 Å². The van der Waals surface area contributed by atoms with E-state index in [0.717, 1.165) is 5.56 Å². The summed E-state index contributed by atoms with van der Waals surface area (Å²) in [6.07, 6.45) is -4.11. The number of hydrogen-bond donors (Lipinski definition) is 0. The van der Waals surface area contributed by atoms with Crippen LogP contribution in [-0.2, 0) is 48.2 Å². The second kappa shape index (κ2) is 11.8. The fraction of sp³-hybridized carbons (Fsp3) is 0.524. The molecule has 9 nitrogen and oxygen atoms in total. The molecule has 0 N–H and O–H groups in total. The molecule has 5 atom stereocenters. The van der Waals surface area contributed by atoms with Gasteiger partial charge in [0, 0.05) is 0 Å². The van der Waals surface area contributed by atoms with E-state index in [2.05, 4.69) is 0 Å². The van der Waals surface area contributed by atoms with Gasteiger partial charge in [-0.15, -0.1) is 0 Å². The van der Waals surface area contributed by atoms with Gasteiger partial charge in [0.2, 0.25) is 0 Å². The van der Waals surface area contributed by atoms with Crippen molar-refractivity contribution in [3.63, 3.8) is 0 Å². The average molecular weight is 501 g/mol. The molecule has 31 heavy (non-hydrogen) atoms. The van der Waals surface area contributed by atoms with Gasteiger partial charge < -0.3 is 0 Å². The molecule has 1 saturated heterocycles. The van der Waals surface area contributed by atoms with Gasteiger partial charge in [-0.3, -0.25) is 0 Å². The molecule has 0 saturated carbocycles. The van der Waals surface area contributed by atoms with Gasteiger partial charge in [0.15, 0.2) is 0 Å². The first-order valence-corrected chi connectivity index (χ1v) is 11.8. The predicted octanol–water partition coefficient (Wildman–Crippen LogP) is 0.974. The molecule has 1 fully saturated rings. The Morgan fingerprint density at radius 2 is 1.35 bits per heavy atom. The van der Waals surface area contributed by atoms with Gasteiger partial charge in [-0.1, -0.05) is 0 Å². The summed E-state index contributed by atoms with van der Waals surface area (Å²) in [7, 11) is 0. The molecule has 1 aromatic rings. The van der Waals surface area contributed by atoms with E-state index >= 15 is 0 Å². The molecule has 0 amide bonds. The maximum atomic E-state index is 11.8. The second-order valence-corrected chi connectivity index (χ2v) is 9.14. The van der Waals surface area contributed by atoms with Crippen molar-refractivity contribution < 1.29 is 42.9 Å². The van der Waals surface area contributed by atoms with Crippen LogP contribution in [0.25, 0.3) is 0 Å². The van der Waals surface area contributed by atoms with Crippen molar-refractivity contribution in [3.8, 4) is 0 Å². The van der Waals surface area contributed by atoms with Crippen LogP contribution in [-0.4, -0.2) is 74.9 Å². The van der Waals surface area contributed by atoms with Crippen LogP contribution in [0.5, 0.6) is 0 Å². The summed E-state index contributed by atoms with van der Waals surface area (Å²) in [6.45, 7) is 4.66. The van der Waals surface area contributed by atoms with Crippen LogP contribution in [0.3, 0.4) is 0 Å². The molecule has 0 bridgehead atoms. The van der Waals surface area contributed by atoms with E-state index in [-0.39, 0.29) is 21.6 Å². The zero-order valence-corrected chi connectivity index (χ0v) is 19.5. The number of carbonyl (C=O) groups excluding carboxylic acids is 4. The molecule has 0 radical (unpaired) electrons. The van der Waals surface area contributed by atoms with E-state index in [9.17, 15) is 19.2 Å². The van der Waals surface area contributed by atoms with Crippen LogP contribution >= 0.6 is 0 Å².